The summed E-state index contributed by atoms with van der Waals surface area (Å²) >= 11 is 0. The van der Waals surface area contributed by atoms with Crippen molar-refractivity contribution in [3.63, 3.8) is 0 Å². The Morgan fingerprint density at radius 3 is 1.92 bits per heavy atom. The van der Waals surface area contributed by atoms with Crippen LogP contribution in [0.2, 0.25) is 0 Å². The zero-order valence-electron chi connectivity index (χ0n) is 16.9. The van der Waals surface area contributed by atoms with Crippen LogP contribution in [0.3, 0.4) is 0 Å². The Morgan fingerprint density at radius 2 is 1.36 bits per heavy atom. The van der Waals surface area contributed by atoms with Crippen molar-refractivity contribution in [3.8, 4) is 0 Å². The van der Waals surface area contributed by atoms with Crippen molar-refractivity contribution in [3.05, 3.63) is 0 Å². The van der Waals surface area contributed by atoms with Gasteiger partial charge in [-0.05, 0) is 24.7 Å². The van der Waals surface area contributed by atoms with Gasteiger partial charge in [-0.1, -0.05) is 66.2 Å². The summed E-state index contributed by atoms with van der Waals surface area (Å²) in [5, 5.41) is 2.87. The molecule has 5 heteroatoms. The van der Waals surface area contributed by atoms with E-state index in [0.717, 1.165) is 37.5 Å². The van der Waals surface area contributed by atoms with E-state index < -0.39 is 0 Å². The molecule has 0 aliphatic heterocycles. The quantitative estimate of drug-likeness (QED) is 0.269. The van der Waals surface area contributed by atoms with Gasteiger partial charge in [-0.2, -0.15) is 0 Å². The minimum absolute atomic E-state index is 0. The summed E-state index contributed by atoms with van der Waals surface area (Å²) in [7, 11) is 0. The molecule has 0 aromatic heterocycles. The molecule has 0 fully saturated rings. The van der Waals surface area contributed by atoms with Crippen molar-refractivity contribution in [2.75, 3.05) is 13.2 Å². The third kappa shape index (κ3) is 22.1. The fourth-order valence-electron chi connectivity index (χ4n) is 2.48. The first-order valence-corrected chi connectivity index (χ1v) is 9.84. The number of unbranched alkanes of at least 4 members (excludes halogenated alkanes) is 4. The number of rotatable bonds is 15. The fraction of sp³-hybridized carbons (Fsp3) is 0.900. The van der Waals surface area contributed by atoms with Gasteiger partial charge in [0.05, 0.1) is 13.0 Å². The molecular weight excluding hydrogens is 441 g/mol. The average Bonchev–Trinajstić information content (AvgIpc) is 2.51. The van der Waals surface area contributed by atoms with Gasteiger partial charge in [0, 0.05) is 48.6 Å². The topological polar surface area (TPSA) is 55.4 Å². The molecule has 145 valence electrons. The number of nitrogens with one attached hydrogen (secondary N) is 1. The summed E-state index contributed by atoms with van der Waals surface area (Å²) in [5.74, 6) is 1.18. The molecule has 1 N–H and O–H groups in total. The van der Waals surface area contributed by atoms with Gasteiger partial charge >= 0.3 is 5.97 Å². The fourth-order valence-corrected chi connectivity index (χ4v) is 2.48. The van der Waals surface area contributed by atoms with Gasteiger partial charge < -0.3 is 10.1 Å². The van der Waals surface area contributed by atoms with E-state index in [4.69, 9.17) is 4.74 Å². The number of carbonyl (C=O) groups is 2. The Morgan fingerprint density at radius 1 is 0.800 bits per heavy atom. The van der Waals surface area contributed by atoms with E-state index >= 15 is 0 Å². The zero-order chi connectivity index (χ0) is 18.2. The maximum Gasteiger partial charge on any atom is 0.306 e. The van der Waals surface area contributed by atoms with Gasteiger partial charge in [0.25, 0.3) is 0 Å². The smallest absolute Gasteiger partial charge is 0.306 e. The summed E-state index contributed by atoms with van der Waals surface area (Å²) in [6.07, 6.45) is 9.48. The molecule has 0 rings (SSSR count). The number of carbonyl (C=O) groups excluding carboxylic acids is 2. The van der Waals surface area contributed by atoms with Crippen LogP contribution in [0.15, 0.2) is 0 Å². The van der Waals surface area contributed by atoms with Gasteiger partial charge in [-0.15, -0.1) is 0 Å². The van der Waals surface area contributed by atoms with Crippen LogP contribution in [0.5, 0.6) is 0 Å². The van der Waals surface area contributed by atoms with E-state index in [1.807, 2.05) is 0 Å². The van der Waals surface area contributed by atoms with Crippen molar-refractivity contribution in [2.24, 2.45) is 11.8 Å². The van der Waals surface area contributed by atoms with Gasteiger partial charge in [-0.25, -0.2) is 0 Å². The van der Waals surface area contributed by atoms with E-state index in [-0.39, 0.29) is 60.3 Å². The molecule has 4 nitrogen and oxygen atoms in total. The number of esters is 1. The Labute approximate surface area is 183 Å². The van der Waals surface area contributed by atoms with Crippen LogP contribution in [0.25, 0.3) is 0 Å². The Bertz CT molecular complexity index is 301. The summed E-state index contributed by atoms with van der Waals surface area (Å²) in [4.78, 5) is 23.2. The van der Waals surface area contributed by atoms with Crippen molar-refractivity contribution < 1.29 is 49.9 Å². The van der Waals surface area contributed by atoms with Crippen LogP contribution >= 0.6 is 0 Å². The van der Waals surface area contributed by atoms with Crippen LogP contribution in [0.1, 0.15) is 91.9 Å². The largest absolute Gasteiger partial charge is 0.466 e. The van der Waals surface area contributed by atoms with E-state index in [9.17, 15) is 9.59 Å². The molecule has 0 unspecified atom stereocenters. The Kier molecular flexibility index (Phi) is 20.7. The summed E-state index contributed by atoms with van der Waals surface area (Å²) in [6, 6.07) is 0. The number of hydrogen-bond acceptors (Lipinski definition) is 3. The second kappa shape index (κ2) is 18.9. The van der Waals surface area contributed by atoms with Crippen molar-refractivity contribution >= 4 is 11.9 Å². The molecule has 0 spiro atoms. The summed E-state index contributed by atoms with van der Waals surface area (Å²) in [5.41, 5.74) is 0. The SMILES string of the molecule is CC(C)CCCCCNC(=O)CCC(=O)OCCCCCC(C)C.[La]. The van der Waals surface area contributed by atoms with Gasteiger partial charge in [0.15, 0.2) is 0 Å². The first kappa shape index (κ1) is 27.4. The first-order chi connectivity index (χ1) is 11.4. The van der Waals surface area contributed by atoms with Crippen molar-refractivity contribution in [1.29, 1.82) is 0 Å². The molecule has 0 aliphatic carbocycles. The van der Waals surface area contributed by atoms with Crippen LogP contribution in [-0.2, 0) is 14.3 Å². The number of amides is 1. The van der Waals surface area contributed by atoms with Crippen LogP contribution in [0, 0.1) is 47.4 Å². The maximum atomic E-state index is 11.6. The predicted octanol–water partition coefficient (Wildman–Crippen LogP) is 4.86. The van der Waals surface area contributed by atoms with Crippen LogP contribution in [-0.4, -0.2) is 25.0 Å². The molecule has 0 aromatic carbocycles. The van der Waals surface area contributed by atoms with E-state index in [2.05, 4.69) is 33.0 Å². The molecule has 1 amide bonds. The Hall–Kier alpha value is 0.135. The molecule has 0 saturated carbocycles. The summed E-state index contributed by atoms with van der Waals surface area (Å²) in [6.45, 7) is 10.1. The van der Waals surface area contributed by atoms with Crippen molar-refractivity contribution in [2.45, 2.75) is 91.9 Å². The third-order valence-electron chi connectivity index (χ3n) is 4.03. The molecule has 0 saturated heterocycles. The molecule has 1 radical (unpaired) electrons. The molecule has 0 atom stereocenters. The summed E-state index contributed by atoms with van der Waals surface area (Å²) < 4.78 is 5.16. The molecular formula is C20H39LaNO3. The predicted molar refractivity (Wildman–Crippen MR) is 99.8 cm³/mol. The maximum absolute atomic E-state index is 11.6. The molecule has 0 bridgehead atoms. The molecule has 0 heterocycles. The van der Waals surface area contributed by atoms with Gasteiger partial charge in [-0.3, -0.25) is 9.59 Å². The second-order valence-electron chi connectivity index (χ2n) is 7.56. The average molecular weight is 480 g/mol. The third-order valence-corrected chi connectivity index (χ3v) is 4.03. The second-order valence-corrected chi connectivity index (χ2v) is 7.56. The minimum Gasteiger partial charge on any atom is -0.466 e. The number of ether oxygens (including phenoxy) is 1. The first-order valence-electron chi connectivity index (χ1n) is 9.84. The van der Waals surface area contributed by atoms with E-state index in [1.54, 1.807) is 0 Å². The molecule has 0 aliphatic rings. The van der Waals surface area contributed by atoms with Crippen LogP contribution in [0.4, 0.5) is 0 Å². The van der Waals surface area contributed by atoms with Gasteiger partial charge in [0.1, 0.15) is 0 Å². The van der Waals surface area contributed by atoms with E-state index in [1.165, 1.54) is 25.7 Å². The van der Waals surface area contributed by atoms with Crippen molar-refractivity contribution in [1.82, 2.24) is 5.32 Å². The molecule has 0 aromatic rings. The minimum atomic E-state index is -0.258. The van der Waals surface area contributed by atoms with Gasteiger partial charge in [0.2, 0.25) is 5.91 Å². The zero-order valence-corrected chi connectivity index (χ0v) is 20.6. The number of hydrogen-bond donors (Lipinski definition) is 1. The molecule has 25 heavy (non-hydrogen) atoms. The van der Waals surface area contributed by atoms with Crippen LogP contribution < -0.4 is 5.32 Å². The standard InChI is InChI=1S/C20H39NO3.La/c1-17(2)11-7-5-9-15-21-19(22)13-14-20(23)24-16-10-6-8-12-18(3)4;/h17-18H,5-16H2,1-4H3,(H,21,22);. The Balaban J connectivity index is 0. The normalized spacial score (nSPS) is 10.6. The van der Waals surface area contributed by atoms with E-state index in [0.29, 0.717) is 13.2 Å². The monoisotopic (exact) mass is 480 g/mol.